The zero-order valence-electron chi connectivity index (χ0n) is 16.7. The van der Waals surface area contributed by atoms with Crippen molar-refractivity contribution >= 4 is 45.8 Å². The van der Waals surface area contributed by atoms with Crippen LogP contribution in [0.15, 0.2) is 22.5 Å². The van der Waals surface area contributed by atoms with Gasteiger partial charge in [0.15, 0.2) is 4.34 Å². The van der Waals surface area contributed by atoms with Crippen LogP contribution in [-0.4, -0.2) is 41.0 Å². The molecule has 0 aliphatic heterocycles. The van der Waals surface area contributed by atoms with Crippen LogP contribution in [0.3, 0.4) is 0 Å². The fourth-order valence-corrected chi connectivity index (χ4v) is 3.98. The molecule has 2 aromatic rings. The lowest BCUT2D eigenvalue weighted by molar-refractivity contribution is -0.146. The third-order valence-corrected chi connectivity index (χ3v) is 6.45. The van der Waals surface area contributed by atoms with Crippen molar-refractivity contribution < 1.29 is 14.3 Å². The number of thioether (sulfide) groups is 1. The Bertz CT molecular complexity index is 825. The summed E-state index contributed by atoms with van der Waals surface area (Å²) in [6.45, 7) is 7.99. The Hall–Kier alpha value is -2.13. The van der Waals surface area contributed by atoms with E-state index in [1.807, 2.05) is 26.0 Å². The summed E-state index contributed by atoms with van der Waals surface area (Å²) in [6, 6.07) is 5.46. The summed E-state index contributed by atoms with van der Waals surface area (Å²) in [4.78, 5) is 24.1. The highest BCUT2D eigenvalue weighted by molar-refractivity contribution is 8.01. The summed E-state index contributed by atoms with van der Waals surface area (Å²) in [5.74, 6) is -0.512. The Kier molecular flexibility index (Phi) is 8.25. The van der Waals surface area contributed by atoms with Crippen LogP contribution < -0.4 is 10.6 Å². The Balaban J connectivity index is 1.89. The molecule has 2 atom stereocenters. The molecular formula is C19H26N4O3S2. The summed E-state index contributed by atoms with van der Waals surface area (Å²) >= 11 is 2.67. The smallest absolute Gasteiger partial charge is 0.328 e. The molecule has 0 fully saturated rings. The predicted octanol–water partition coefficient (Wildman–Crippen LogP) is 3.69. The Morgan fingerprint density at radius 2 is 2.00 bits per heavy atom. The van der Waals surface area contributed by atoms with Gasteiger partial charge in [-0.3, -0.25) is 4.79 Å². The number of aryl methyl sites for hydroxylation is 2. The second kappa shape index (κ2) is 10.4. The molecule has 0 aliphatic carbocycles. The van der Waals surface area contributed by atoms with Crippen molar-refractivity contribution in [3.05, 3.63) is 29.3 Å². The summed E-state index contributed by atoms with van der Waals surface area (Å²) in [7, 11) is 1.32. The van der Waals surface area contributed by atoms with Gasteiger partial charge in [-0.15, -0.1) is 10.2 Å². The van der Waals surface area contributed by atoms with Crippen molar-refractivity contribution in [2.45, 2.75) is 44.5 Å². The number of methoxy groups -OCH3 is 1. The number of amides is 1. The van der Waals surface area contributed by atoms with Gasteiger partial charge in [-0.1, -0.05) is 49.4 Å². The van der Waals surface area contributed by atoms with Gasteiger partial charge in [0.25, 0.3) is 0 Å². The lowest BCUT2D eigenvalue weighted by Gasteiger charge is -2.21. The van der Waals surface area contributed by atoms with E-state index in [0.29, 0.717) is 9.47 Å². The van der Waals surface area contributed by atoms with Crippen LogP contribution in [0.1, 0.15) is 31.4 Å². The number of anilines is 2. The molecule has 0 saturated heterocycles. The molecule has 1 aromatic heterocycles. The minimum Gasteiger partial charge on any atom is -0.467 e. The molecule has 0 saturated carbocycles. The number of aromatic nitrogens is 2. The summed E-state index contributed by atoms with van der Waals surface area (Å²) in [5, 5.41) is 14.9. The first-order valence-electron chi connectivity index (χ1n) is 9.01. The molecule has 0 aliphatic rings. The van der Waals surface area contributed by atoms with Crippen molar-refractivity contribution in [2.24, 2.45) is 5.92 Å². The van der Waals surface area contributed by atoms with Crippen LogP contribution >= 0.6 is 23.1 Å². The van der Waals surface area contributed by atoms with Crippen LogP contribution in [0, 0.1) is 19.8 Å². The van der Waals surface area contributed by atoms with Crippen molar-refractivity contribution in [1.29, 1.82) is 0 Å². The summed E-state index contributed by atoms with van der Waals surface area (Å²) in [5.41, 5.74) is 3.37. The van der Waals surface area contributed by atoms with Gasteiger partial charge < -0.3 is 15.4 Å². The van der Waals surface area contributed by atoms with Gasteiger partial charge in [0.2, 0.25) is 11.0 Å². The number of esters is 1. The number of nitrogens with zero attached hydrogens (tertiary/aromatic N) is 2. The van der Waals surface area contributed by atoms with E-state index >= 15 is 0 Å². The van der Waals surface area contributed by atoms with E-state index in [2.05, 4.69) is 40.7 Å². The number of ether oxygens (including phenoxy) is 1. The molecule has 7 nitrogen and oxygen atoms in total. The quantitative estimate of drug-likeness (QED) is 0.470. The standard InChI is InChI=1S/C19H26N4O3S2/c1-6-11(2)16(17(25)26-5)21-15(24)10-27-19-23-22-18(28-19)20-14-8-7-12(3)13(4)9-14/h7-9,11,16H,6,10H2,1-5H3,(H,20,22)(H,21,24)/t11-,16-/m1/s1. The average Bonchev–Trinajstić information content (AvgIpc) is 3.13. The van der Waals surface area contributed by atoms with E-state index < -0.39 is 12.0 Å². The fourth-order valence-electron chi connectivity index (χ4n) is 2.40. The molecule has 152 valence electrons. The van der Waals surface area contributed by atoms with Gasteiger partial charge in [0.1, 0.15) is 6.04 Å². The first kappa shape index (κ1) is 22.2. The molecular weight excluding hydrogens is 396 g/mol. The minimum absolute atomic E-state index is 0.00306. The van der Waals surface area contributed by atoms with Crippen LogP contribution in [-0.2, 0) is 14.3 Å². The number of benzene rings is 1. The molecule has 28 heavy (non-hydrogen) atoms. The van der Waals surface area contributed by atoms with Gasteiger partial charge in [-0.25, -0.2) is 4.79 Å². The number of carbonyl (C=O) groups excluding carboxylic acids is 2. The van der Waals surface area contributed by atoms with E-state index in [4.69, 9.17) is 4.74 Å². The SMILES string of the molecule is CC[C@@H](C)[C@@H](NC(=O)CSc1nnc(Nc2ccc(C)c(C)c2)s1)C(=O)OC. The summed E-state index contributed by atoms with van der Waals surface area (Å²) < 4.78 is 5.47. The van der Waals surface area contributed by atoms with Crippen LogP contribution in [0.25, 0.3) is 0 Å². The maximum Gasteiger partial charge on any atom is 0.328 e. The van der Waals surface area contributed by atoms with Crippen LogP contribution in [0.4, 0.5) is 10.8 Å². The van der Waals surface area contributed by atoms with E-state index in [-0.39, 0.29) is 17.6 Å². The predicted molar refractivity (Wildman–Crippen MR) is 113 cm³/mol. The largest absolute Gasteiger partial charge is 0.467 e. The fraction of sp³-hybridized carbons (Fsp3) is 0.474. The topological polar surface area (TPSA) is 93.2 Å². The van der Waals surface area contributed by atoms with Crippen molar-refractivity contribution in [3.63, 3.8) is 0 Å². The van der Waals surface area contributed by atoms with Gasteiger partial charge in [0.05, 0.1) is 12.9 Å². The molecule has 0 unspecified atom stereocenters. The van der Waals surface area contributed by atoms with Gasteiger partial charge >= 0.3 is 5.97 Å². The Morgan fingerprint density at radius 1 is 1.25 bits per heavy atom. The molecule has 0 spiro atoms. The molecule has 0 radical (unpaired) electrons. The average molecular weight is 423 g/mol. The number of nitrogens with one attached hydrogen (secondary N) is 2. The molecule has 1 heterocycles. The zero-order valence-corrected chi connectivity index (χ0v) is 18.4. The molecule has 2 rings (SSSR count). The lowest BCUT2D eigenvalue weighted by atomic mass is 9.99. The maximum atomic E-state index is 12.2. The Labute approximate surface area is 173 Å². The van der Waals surface area contributed by atoms with E-state index in [1.165, 1.54) is 41.3 Å². The number of rotatable bonds is 9. The van der Waals surface area contributed by atoms with Gasteiger partial charge in [-0.05, 0) is 43.0 Å². The molecule has 1 aromatic carbocycles. The van der Waals surface area contributed by atoms with Crippen molar-refractivity contribution in [1.82, 2.24) is 15.5 Å². The number of hydrogen-bond acceptors (Lipinski definition) is 8. The van der Waals surface area contributed by atoms with Gasteiger partial charge in [0, 0.05) is 5.69 Å². The minimum atomic E-state index is -0.639. The number of hydrogen-bond donors (Lipinski definition) is 2. The van der Waals surface area contributed by atoms with E-state index in [0.717, 1.165) is 12.1 Å². The highest BCUT2D eigenvalue weighted by Crippen LogP contribution is 2.28. The monoisotopic (exact) mass is 422 g/mol. The normalized spacial score (nSPS) is 12.9. The third kappa shape index (κ3) is 6.20. The highest BCUT2D eigenvalue weighted by Gasteiger charge is 2.26. The molecule has 9 heteroatoms. The second-order valence-corrected chi connectivity index (χ2v) is 8.74. The van der Waals surface area contributed by atoms with Crippen molar-refractivity contribution in [3.8, 4) is 0 Å². The first-order chi connectivity index (χ1) is 13.3. The summed E-state index contributed by atoms with van der Waals surface area (Å²) in [6.07, 6.45) is 0.761. The van der Waals surface area contributed by atoms with Gasteiger partial charge in [-0.2, -0.15) is 0 Å². The first-order valence-corrected chi connectivity index (χ1v) is 10.8. The van der Waals surface area contributed by atoms with E-state index in [1.54, 1.807) is 0 Å². The van der Waals surface area contributed by atoms with Crippen LogP contribution in [0.5, 0.6) is 0 Å². The van der Waals surface area contributed by atoms with Crippen LogP contribution in [0.2, 0.25) is 0 Å². The highest BCUT2D eigenvalue weighted by atomic mass is 32.2. The van der Waals surface area contributed by atoms with E-state index in [9.17, 15) is 9.59 Å². The lowest BCUT2D eigenvalue weighted by Crippen LogP contribution is -2.46. The Morgan fingerprint density at radius 3 is 2.64 bits per heavy atom. The van der Waals surface area contributed by atoms with Crippen molar-refractivity contribution in [2.75, 3.05) is 18.2 Å². The second-order valence-electron chi connectivity index (χ2n) is 6.54. The molecule has 0 bridgehead atoms. The number of carbonyl (C=O) groups is 2. The third-order valence-electron chi connectivity index (χ3n) is 4.48. The maximum absolute atomic E-state index is 12.2. The molecule has 1 amide bonds. The zero-order chi connectivity index (χ0) is 20.7. The molecule has 2 N–H and O–H groups in total.